The van der Waals surface area contributed by atoms with Gasteiger partial charge in [0.05, 0.1) is 6.54 Å². The van der Waals surface area contributed by atoms with Crippen molar-refractivity contribution in [1.29, 1.82) is 0 Å². The number of rotatable bonds is 10. The highest BCUT2D eigenvalue weighted by Crippen LogP contribution is 2.20. The fourth-order valence-electron chi connectivity index (χ4n) is 3.84. The largest absolute Gasteiger partial charge is 0.342 e. The van der Waals surface area contributed by atoms with E-state index in [1.54, 1.807) is 0 Å². The molecule has 5 heteroatoms. The van der Waals surface area contributed by atoms with E-state index in [1.165, 1.54) is 11.1 Å². The number of nitrogens with two attached hydrogens (primary N) is 1. The third kappa shape index (κ3) is 7.21. The van der Waals surface area contributed by atoms with E-state index in [4.69, 9.17) is 0 Å². The first-order valence-corrected chi connectivity index (χ1v) is 11.3. The van der Waals surface area contributed by atoms with Crippen LogP contribution in [-0.4, -0.2) is 24.4 Å². The summed E-state index contributed by atoms with van der Waals surface area (Å²) in [6.07, 6.45) is 2.21. The predicted molar refractivity (Wildman–Crippen MR) is 127 cm³/mol. The maximum atomic E-state index is 12.6. The molecule has 2 rings (SSSR count). The Kier molecular flexibility index (Phi) is 9.25. The van der Waals surface area contributed by atoms with Gasteiger partial charge in [-0.25, -0.2) is 0 Å². The molecule has 5 nitrogen and oxygen atoms in total. The van der Waals surface area contributed by atoms with Gasteiger partial charge >= 0.3 is 0 Å². The van der Waals surface area contributed by atoms with Gasteiger partial charge in [-0.2, -0.15) is 0 Å². The van der Waals surface area contributed by atoms with Gasteiger partial charge in [-0.15, -0.1) is 0 Å². The van der Waals surface area contributed by atoms with E-state index in [0.717, 1.165) is 29.7 Å². The second-order valence-electron chi connectivity index (χ2n) is 8.78. The number of carbonyl (C=O) groups is 2. The molecule has 4 N–H and O–H groups in total. The number of anilines is 1. The summed E-state index contributed by atoms with van der Waals surface area (Å²) in [5, 5.41) is 7.79. The van der Waals surface area contributed by atoms with Crippen LogP contribution in [0.1, 0.15) is 62.4 Å². The van der Waals surface area contributed by atoms with Crippen LogP contribution in [-0.2, 0) is 16.0 Å². The molecule has 2 aromatic carbocycles. The number of benzene rings is 2. The first kappa shape index (κ1) is 24.6. The molecule has 0 unspecified atom stereocenters. The van der Waals surface area contributed by atoms with Crippen LogP contribution in [0.2, 0.25) is 0 Å². The summed E-state index contributed by atoms with van der Waals surface area (Å²) in [6.45, 7) is 12.3. The molecule has 2 aromatic rings. The van der Waals surface area contributed by atoms with E-state index in [9.17, 15) is 9.59 Å². The maximum Gasteiger partial charge on any atom is 0.278 e. The Labute approximate surface area is 187 Å². The van der Waals surface area contributed by atoms with Crippen molar-refractivity contribution in [3.05, 3.63) is 64.7 Å². The molecule has 0 spiro atoms. The Bertz CT molecular complexity index is 854. The van der Waals surface area contributed by atoms with Crippen molar-refractivity contribution >= 4 is 17.5 Å². The van der Waals surface area contributed by atoms with Gasteiger partial charge in [-0.1, -0.05) is 69.7 Å². The quantitative estimate of drug-likeness (QED) is 0.544. The van der Waals surface area contributed by atoms with Crippen molar-refractivity contribution in [2.75, 3.05) is 11.9 Å². The van der Waals surface area contributed by atoms with E-state index < -0.39 is 0 Å². The minimum absolute atomic E-state index is 0.0388. The van der Waals surface area contributed by atoms with E-state index >= 15 is 0 Å². The van der Waals surface area contributed by atoms with Crippen molar-refractivity contribution in [2.24, 2.45) is 5.92 Å². The molecule has 0 aromatic heterocycles. The van der Waals surface area contributed by atoms with Gasteiger partial charge in [0.1, 0.15) is 6.04 Å². The van der Waals surface area contributed by atoms with Gasteiger partial charge in [-0.3, -0.25) is 9.59 Å². The van der Waals surface area contributed by atoms with Crippen LogP contribution >= 0.6 is 0 Å². The molecular formula is C26H38N3O2+. The van der Waals surface area contributed by atoms with Gasteiger partial charge in [0.2, 0.25) is 5.91 Å². The Morgan fingerprint density at radius 3 is 2.13 bits per heavy atom. The lowest BCUT2D eigenvalue weighted by Gasteiger charge is -2.23. The summed E-state index contributed by atoms with van der Waals surface area (Å²) in [5.74, 6) is 0.0226. The van der Waals surface area contributed by atoms with Crippen LogP contribution in [0, 0.1) is 19.8 Å². The fourth-order valence-corrected chi connectivity index (χ4v) is 3.84. The fraction of sp³-hybridized carbons (Fsp3) is 0.462. The van der Waals surface area contributed by atoms with Gasteiger partial charge in [-0.05, 0) is 43.9 Å². The summed E-state index contributed by atoms with van der Waals surface area (Å²) in [7, 11) is 0. The zero-order chi connectivity index (χ0) is 23.0. The van der Waals surface area contributed by atoms with Crippen molar-refractivity contribution < 1.29 is 14.9 Å². The lowest BCUT2D eigenvalue weighted by molar-refractivity contribution is -0.719. The third-order valence-electron chi connectivity index (χ3n) is 5.70. The zero-order valence-corrected chi connectivity index (χ0v) is 19.8. The molecule has 0 saturated heterocycles. The van der Waals surface area contributed by atoms with Gasteiger partial charge in [0.15, 0.2) is 6.04 Å². The molecule has 0 aliphatic heterocycles. The van der Waals surface area contributed by atoms with Crippen LogP contribution in [0.4, 0.5) is 5.69 Å². The van der Waals surface area contributed by atoms with E-state index in [-0.39, 0.29) is 30.4 Å². The van der Waals surface area contributed by atoms with Gasteiger partial charge < -0.3 is 16.0 Å². The lowest BCUT2D eigenvalue weighted by Crippen LogP contribution is -2.93. The number of nitrogens with one attached hydrogen (secondary N) is 2. The highest BCUT2D eigenvalue weighted by Gasteiger charge is 2.26. The number of para-hydroxylation sites is 1. The molecule has 168 valence electrons. The van der Waals surface area contributed by atoms with Crippen molar-refractivity contribution in [1.82, 2.24) is 5.32 Å². The summed E-state index contributed by atoms with van der Waals surface area (Å²) in [6, 6.07) is 14.5. The summed E-state index contributed by atoms with van der Waals surface area (Å²) in [5.41, 5.74) is 5.39. The number of quaternary nitrogens is 1. The molecule has 2 amide bonds. The average Bonchev–Trinajstić information content (AvgIpc) is 2.73. The number of hydrogen-bond acceptors (Lipinski definition) is 2. The molecule has 0 radical (unpaired) electrons. The minimum atomic E-state index is -0.296. The molecular weight excluding hydrogens is 386 g/mol. The standard InChI is InChI=1S/C26H37N3O2/c1-7-9-21-12-14-22(15-13-21)24(17(2)3)28-20(6)26(31)27-16-23(30)29-25-18(4)10-8-11-19(25)5/h8,10-15,17,20,24,28H,7,9,16H2,1-6H3,(H,27,31)(H,29,30)/p+1/t20-,24+/m0/s1. The zero-order valence-electron chi connectivity index (χ0n) is 19.8. The number of carbonyl (C=O) groups excluding carboxylic acids is 2. The van der Waals surface area contributed by atoms with Crippen LogP contribution in [0.25, 0.3) is 0 Å². The first-order valence-electron chi connectivity index (χ1n) is 11.3. The Morgan fingerprint density at radius 1 is 0.968 bits per heavy atom. The van der Waals surface area contributed by atoms with E-state index in [0.29, 0.717) is 5.92 Å². The summed E-state index contributed by atoms with van der Waals surface area (Å²) in [4.78, 5) is 25.0. The molecule has 0 saturated carbocycles. The Hall–Kier alpha value is -2.66. The van der Waals surface area contributed by atoms with Crippen molar-refractivity contribution in [3.63, 3.8) is 0 Å². The number of hydrogen-bond donors (Lipinski definition) is 3. The molecule has 0 fully saturated rings. The second-order valence-corrected chi connectivity index (χ2v) is 8.78. The second kappa shape index (κ2) is 11.7. The van der Waals surface area contributed by atoms with Crippen LogP contribution in [0.5, 0.6) is 0 Å². The average molecular weight is 425 g/mol. The highest BCUT2D eigenvalue weighted by atomic mass is 16.2. The molecule has 31 heavy (non-hydrogen) atoms. The van der Waals surface area contributed by atoms with Crippen molar-refractivity contribution in [2.45, 2.75) is 66.5 Å². The summed E-state index contributed by atoms with van der Waals surface area (Å²) >= 11 is 0. The molecule has 2 atom stereocenters. The highest BCUT2D eigenvalue weighted by molar-refractivity contribution is 5.96. The van der Waals surface area contributed by atoms with Crippen LogP contribution in [0.3, 0.4) is 0 Å². The van der Waals surface area contributed by atoms with Gasteiger partial charge in [0, 0.05) is 17.2 Å². The molecule has 0 aliphatic rings. The van der Waals surface area contributed by atoms with Crippen molar-refractivity contribution in [3.8, 4) is 0 Å². The van der Waals surface area contributed by atoms with Gasteiger partial charge in [0.25, 0.3) is 5.91 Å². The molecule has 0 heterocycles. The minimum Gasteiger partial charge on any atom is -0.342 e. The number of amides is 2. The first-order chi connectivity index (χ1) is 14.7. The maximum absolute atomic E-state index is 12.6. The molecule has 0 bridgehead atoms. The monoisotopic (exact) mass is 424 g/mol. The Morgan fingerprint density at radius 2 is 1.58 bits per heavy atom. The predicted octanol–water partition coefficient (Wildman–Crippen LogP) is 3.66. The third-order valence-corrected chi connectivity index (χ3v) is 5.70. The molecule has 0 aliphatic carbocycles. The smallest absolute Gasteiger partial charge is 0.278 e. The topological polar surface area (TPSA) is 74.8 Å². The Balaban J connectivity index is 1.92. The van der Waals surface area contributed by atoms with E-state index in [2.05, 4.69) is 61.0 Å². The van der Waals surface area contributed by atoms with Crippen LogP contribution in [0.15, 0.2) is 42.5 Å². The van der Waals surface area contributed by atoms with E-state index in [1.807, 2.05) is 39.0 Å². The van der Waals surface area contributed by atoms with Crippen LogP contribution < -0.4 is 16.0 Å². The SMILES string of the molecule is CCCc1ccc([C@H]([NH2+][C@@H](C)C(=O)NCC(=O)Nc2c(C)cccc2C)C(C)C)cc1. The number of aryl methyl sites for hydroxylation is 3. The normalized spacial score (nSPS) is 13.0. The lowest BCUT2D eigenvalue weighted by atomic mass is 9.94. The summed E-state index contributed by atoms with van der Waals surface area (Å²) < 4.78 is 0.